The molecule has 3 heteroatoms. The quantitative estimate of drug-likeness (QED) is 0.699. The van der Waals surface area contributed by atoms with Crippen LogP contribution in [0.25, 0.3) is 11.0 Å². The van der Waals surface area contributed by atoms with Gasteiger partial charge in [-0.1, -0.05) is 0 Å². The summed E-state index contributed by atoms with van der Waals surface area (Å²) >= 11 is 0. The molecule has 0 N–H and O–H groups in total. The van der Waals surface area contributed by atoms with E-state index in [1.165, 1.54) is 0 Å². The van der Waals surface area contributed by atoms with Crippen LogP contribution in [-0.2, 0) is 6.54 Å². The maximum Gasteiger partial charge on any atom is 0.152 e. The summed E-state index contributed by atoms with van der Waals surface area (Å²) in [5, 5.41) is 1.12. The highest BCUT2D eigenvalue weighted by Gasteiger charge is 2.03. The Bertz CT molecular complexity index is 373. The standard InChI is InChI=1S/C10H12N2O/c1-12(2)7-9-5-8-3-4-11-6-10(8)13-9/h3-6H,7H2,1-2H3. The molecule has 0 atom stereocenters. The molecule has 0 aromatic carbocycles. The van der Waals surface area contributed by atoms with Crippen LogP contribution in [0.4, 0.5) is 0 Å². The van der Waals surface area contributed by atoms with E-state index in [-0.39, 0.29) is 0 Å². The lowest BCUT2D eigenvalue weighted by atomic mass is 10.3. The molecule has 2 aromatic heterocycles. The van der Waals surface area contributed by atoms with Crippen molar-refractivity contribution in [3.05, 3.63) is 30.3 Å². The van der Waals surface area contributed by atoms with Gasteiger partial charge in [-0.25, -0.2) is 0 Å². The van der Waals surface area contributed by atoms with E-state index in [1.807, 2.05) is 20.2 Å². The molecule has 0 saturated heterocycles. The average Bonchev–Trinajstić information content (AvgIpc) is 2.44. The summed E-state index contributed by atoms with van der Waals surface area (Å²) < 4.78 is 5.57. The van der Waals surface area contributed by atoms with Crippen LogP contribution in [0.3, 0.4) is 0 Å². The fraction of sp³-hybridized carbons (Fsp3) is 0.300. The van der Waals surface area contributed by atoms with Crippen molar-refractivity contribution in [2.75, 3.05) is 14.1 Å². The van der Waals surface area contributed by atoms with E-state index in [4.69, 9.17) is 4.42 Å². The number of nitrogens with zero attached hydrogens (tertiary/aromatic N) is 2. The van der Waals surface area contributed by atoms with Gasteiger partial charge in [-0.05, 0) is 26.2 Å². The number of aromatic nitrogens is 1. The van der Waals surface area contributed by atoms with E-state index >= 15 is 0 Å². The molecular weight excluding hydrogens is 164 g/mol. The van der Waals surface area contributed by atoms with Gasteiger partial charge in [-0.3, -0.25) is 4.98 Å². The van der Waals surface area contributed by atoms with E-state index in [0.717, 1.165) is 23.3 Å². The van der Waals surface area contributed by atoms with Gasteiger partial charge in [0.15, 0.2) is 5.58 Å². The third kappa shape index (κ3) is 1.70. The Hall–Kier alpha value is -1.35. The van der Waals surface area contributed by atoms with E-state index in [0.29, 0.717) is 0 Å². The Morgan fingerprint density at radius 2 is 2.31 bits per heavy atom. The predicted octanol–water partition coefficient (Wildman–Crippen LogP) is 1.89. The number of pyridine rings is 1. The van der Waals surface area contributed by atoms with Crippen molar-refractivity contribution in [3.8, 4) is 0 Å². The first-order chi connectivity index (χ1) is 6.25. The van der Waals surface area contributed by atoms with Crippen molar-refractivity contribution < 1.29 is 4.42 Å². The number of rotatable bonds is 2. The molecule has 68 valence electrons. The number of furan rings is 1. The normalized spacial score (nSPS) is 11.3. The van der Waals surface area contributed by atoms with Gasteiger partial charge in [0, 0.05) is 11.6 Å². The minimum Gasteiger partial charge on any atom is -0.458 e. The molecule has 0 bridgehead atoms. The van der Waals surface area contributed by atoms with Gasteiger partial charge in [0.1, 0.15) is 5.76 Å². The van der Waals surface area contributed by atoms with Crippen LogP contribution in [0.1, 0.15) is 5.76 Å². The van der Waals surface area contributed by atoms with Crippen LogP contribution in [0, 0.1) is 0 Å². The van der Waals surface area contributed by atoms with Gasteiger partial charge < -0.3 is 9.32 Å². The van der Waals surface area contributed by atoms with Gasteiger partial charge in [-0.2, -0.15) is 0 Å². The highest BCUT2D eigenvalue weighted by atomic mass is 16.3. The van der Waals surface area contributed by atoms with Crippen molar-refractivity contribution in [1.29, 1.82) is 0 Å². The minimum atomic E-state index is 0.828. The van der Waals surface area contributed by atoms with E-state index in [9.17, 15) is 0 Å². The topological polar surface area (TPSA) is 29.3 Å². The molecule has 2 aromatic rings. The third-order valence-electron chi connectivity index (χ3n) is 1.85. The zero-order valence-corrected chi connectivity index (χ0v) is 7.82. The van der Waals surface area contributed by atoms with Crippen molar-refractivity contribution >= 4 is 11.0 Å². The Balaban J connectivity index is 2.38. The molecule has 0 amide bonds. The van der Waals surface area contributed by atoms with Crippen molar-refractivity contribution in [2.24, 2.45) is 0 Å². The summed E-state index contributed by atoms with van der Waals surface area (Å²) in [5.74, 6) is 0.980. The Kier molecular flexibility index (Phi) is 2.02. The molecule has 0 fully saturated rings. The smallest absolute Gasteiger partial charge is 0.152 e. The summed E-state index contributed by atoms with van der Waals surface area (Å²) in [4.78, 5) is 6.07. The second kappa shape index (κ2) is 3.18. The average molecular weight is 176 g/mol. The summed E-state index contributed by atoms with van der Waals surface area (Å²) in [6, 6.07) is 4.01. The fourth-order valence-electron chi connectivity index (χ4n) is 1.33. The molecule has 0 radical (unpaired) electrons. The molecule has 0 saturated carbocycles. The predicted molar refractivity (Wildman–Crippen MR) is 51.4 cm³/mol. The number of hydrogen-bond donors (Lipinski definition) is 0. The van der Waals surface area contributed by atoms with Crippen LogP contribution in [0.5, 0.6) is 0 Å². The fourth-order valence-corrected chi connectivity index (χ4v) is 1.33. The minimum absolute atomic E-state index is 0.828. The molecule has 0 unspecified atom stereocenters. The first-order valence-corrected chi connectivity index (χ1v) is 4.23. The lowest BCUT2D eigenvalue weighted by Gasteiger charge is -2.04. The molecule has 0 spiro atoms. The second-order valence-corrected chi connectivity index (χ2v) is 3.36. The monoisotopic (exact) mass is 176 g/mol. The second-order valence-electron chi connectivity index (χ2n) is 3.36. The SMILES string of the molecule is CN(C)Cc1cc2ccncc2o1. The third-order valence-corrected chi connectivity index (χ3v) is 1.85. The van der Waals surface area contributed by atoms with Crippen molar-refractivity contribution in [1.82, 2.24) is 9.88 Å². The van der Waals surface area contributed by atoms with Crippen LogP contribution in [0.2, 0.25) is 0 Å². The lowest BCUT2D eigenvalue weighted by molar-refractivity contribution is 0.358. The van der Waals surface area contributed by atoms with Crippen LogP contribution in [0.15, 0.2) is 28.9 Å². The first kappa shape index (κ1) is 8.26. The molecule has 0 aliphatic heterocycles. The van der Waals surface area contributed by atoms with E-state index in [2.05, 4.69) is 16.0 Å². The van der Waals surface area contributed by atoms with Gasteiger partial charge in [0.2, 0.25) is 0 Å². The maximum absolute atomic E-state index is 5.57. The summed E-state index contributed by atoms with van der Waals surface area (Å²) in [7, 11) is 4.04. The number of fused-ring (bicyclic) bond motifs is 1. The molecule has 3 nitrogen and oxygen atoms in total. The summed E-state index contributed by atoms with van der Waals surface area (Å²) in [5.41, 5.74) is 0.861. The zero-order chi connectivity index (χ0) is 9.26. The highest BCUT2D eigenvalue weighted by Crippen LogP contribution is 2.18. The van der Waals surface area contributed by atoms with Gasteiger partial charge in [0.25, 0.3) is 0 Å². The van der Waals surface area contributed by atoms with Crippen molar-refractivity contribution in [2.45, 2.75) is 6.54 Å². The van der Waals surface area contributed by atoms with Crippen LogP contribution < -0.4 is 0 Å². The molecule has 2 rings (SSSR count). The number of hydrogen-bond acceptors (Lipinski definition) is 3. The lowest BCUT2D eigenvalue weighted by Crippen LogP contribution is -2.09. The first-order valence-electron chi connectivity index (χ1n) is 4.23. The highest BCUT2D eigenvalue weighted by molar-refractivity contribution is 5.76. The Morgan fingerprint density at radius 1 is 1.46 bits per heavy atom. The maximum atomic E-state index is 5.57. The van der Waals surface area contributed by atoms with Gasteiger partial charge >= 0.3 is 0 Å². The largest absolute Gasteiger partial charge is 0.458 e. The van der Waals surface area contributed by atoms with E-state index in [1.54, 1.807) is 12.4 Å². The summed E-state index contributed by atoms with van der Waals surface area (Å²) in [6.45, 7) is 0.828. The summed E-state index contributed by atoms with van der Waals surface area (Å²) in [6.07, 6.45) is 3.52. The van der Waals surface area contributed by atoms with Crippen LogP contribution in [-0.4, -0.2) is 24.0 Å². The molecule has 13 heavy (non-hydrogen) atoms. The molecule has 0 aliphatic rings. The Labute approximate surface area is 77.0 Å². The zero-order valence-electron chi connectivity index (χ0n) is 7.82. The van der Waals surface area contributed by atoms with Gasteiger partial charge in [0.05, 0.1) is 12.7 Å². The molecule has 0 aliphatic carbocycles. The molecule has 2 heterocycles. The van der Waals surface area contributed by atoms with Crippen molar-refractivity contribution in [3.63, 3.8) is 0 Å². The van der Waals surface area contributed by atoms with Gasteiger partial charge in [-0.15, -0.1) is 0 Å². The molecular formula is C10H12N2O. The Morgan fingerprint density at radius 3 is 3.00 bits per heavy atom. The van der Waals surface area contributed by atoms with Crippen LogP contribution >= 0.6 is 0 Å². The van der Waals surface area contributed by atoms with E-state index < -0.39 is 0 Å².